The van der Waals surface area contributed by atoms with Crippen LogP contribution >= 0.6 is 0 Å². The maximum Gasteiger partial charge on any atom is 0.321 e. The maximum absolute atomic E-state index is 12.4. The van der Waals surface area contributed by atoms with Gasteiger partial charge in [0, 0.05) is 12.1 Å². The van der Waals surface area contributed by atoms with E-state index in [1.807, 2.05) is 0 Å². The van der Waals surface area contributed by atoms with Crippen LogP contribution in [0.4, 0.5) is 0 Å². The normalized spacial score (nSPS) is 10.9. The van der Waals surface area contributed by atoms with Gasteiger partial charge in [-0.2, -0.15) is 4.31 Å². The van der Waals surface area contributed by atoms with Crippen molar-refractivity contribution in [3.05, 3.63) is 29.8 Å². The predicted octanol–water partition coefficient (Wildman–Crippen LogP) is 0.214. The summed E-state index contributed by atoms with van der Waals surface area (Å²) >= 11 is 0. The van der Waals surface area contributed by atoms with Crippen molar-refractivity contribution in [3.8, 4) is 11.8 Å². The number of carbonyl (C=O) groups is 1. The minimum atomic E-state index is -3.76. The van der Waals surface area contributed by atoms with E-state index in [0.29, 0.717) is 5.56 Å². The second-order valence-corrected chi connectivity index (χ2v) is 5.93. The van der Waals surface area contributed by atoms with Gasteiger partial charge in [-0.05, 0) is 24.3 Å². The van der Waals surface area contributed by atoms with E-state index in [1.54, 1.807) is 19.1 Å². The Morgan fingerprint density at radius 1 is 1.33 bits per heavy atom. The first kappa shape index (κ1) is 17.2. The maximum atomic E-state index is 12.4. The number of rotatable bonds is 5. The van der Waals surface area contributed by atoms with Gasteiger partial charge in [-0.1, -0.05) is 18.8 Å². The molecule has 0 saturated carbocycles. The molecular weight excluding hydrogens is 294 g/mol. The molecule has 21 heavy (non-hydrogen) atoms. The zero-order valence-electron chi connectivity index (χ0n) is 11.9. The van der Waals surface area contributed by atoms with Crippen LogP contribution in [-0.2, 0) is 19.6 Å². The number of aliphatic hydroxyl groups excluding tert-OH is 1. The van der Waals surface area contributed by atoms with Crippen molar-refractivity contribution in [1.29, 1.82) is 0 Å². The molecule has 0 spiro atoms. The highest BCUT2D eigenvalue weighted by molar-refractivity contribution is 7.89. The lowest BCUT2D eigenvalue weighted by atomic mass is 10.2. The number of benzene rings is 1. The van der Waals surface area contributed by atoms with Crippen molar-refractivity contribution in [3.63, 3.8) is 0 Å². The Balaban J connectivity index is 3.03. The first-order valence-electron chi connectivity index (χ1n) is 6.22. The minimum Gasteiger partial charge on any atom is -0.468 e. The highest BCUT2D eigenvalue weighted by Crippen LogP contribution is 2.16. The van der Waals surface area contributed by atoms with Crippen molar-refractivity contribution < 1.29 is 23.1 Å². The van der Waals surface area contributed by atoms with Crippen LogP contribution in [0.3, 0.4) is 0 Å². The largest absolute Gasteiger partial charge is 0.468 e. The number of methoxy groups -OCH3 is 1. The fourth-order valence-electron chi connectivity index (χ4n) is 1.58. The lowest BCUT2D eigenvalue weighted by molar-refractivity contribution is -0.140. The Morgan fingerprint density at radius 2 is 1.95 bits per heavy atom. The predicted molar refractivity (Wildman–Crippen MR) is 76.9 cm³/mol. The zero-order chi connectivity index (χ0) is 15.9. The molecule has 7 heteroatoms. The monoisotopic (exact) mass is 311 g/mol. The molecule has 1 rings (SSSR count). The van der Waals surface area contributed by atoms with E-state index < -0.39 is 16.0 Å². The van der Waals surface area contributed by atoms with Gasteiger partial charge in [-0.25, -0.2) is 8.42 Å². The average Bonchev–Trinajstić information content (AvgIpc) is 2.50. The Kier molecular flexibility index (Phi) is 6.37. The molecule has 0 unspecified atom stereocenters. The van der Waals surface area contributed by atoms with Gasteiger partial charge in [0.25, 0.3) is 0 Å². The first-order valence-corrected chi connectivity index (χ1v) is 7.66. The Morgan fingerprint density at radius 3 is 2.43 bits per heavy atom. The van der Waals surface area contributed by atoms with Crippen LogP contribution in [0.25, 0.3) is 0 Å². The van der Waals surface area contributed by atoms with Gasteiger partial charge < -0.3 is 9.84 Å². The van der Waals surface area contributed by atoms with Crippen LogP contribution in [-0.4, -0.2) is 50.6 Å². The summed E-state index contributed by atoms with van der Waals surface area (Å²) in [6.45, 7) is 1.20. The molecule has 0 heterocycles. The molecule has 1 aromatic rings. The first-order chi connectivity index (χ1) is 9.95. The van der Waals surface area contributed by atoms with Crippen LogP contribution in [0.1, 0.15) is 12.5 Å². The number of carbonyl (C=O) groups excluding carboxylic acids is 1. The average molecular weight is 311 g/mol. The van der Waals surface area contributed by atoms with Crippen molar-refractivity contribution in [2.75, 3.05) is 26.8 Å². The van der Waals surface area contributed by atoms with Crippen molar-refractivity contribution in [2.24, 2.45) is 0 Å². The third-order valence-corrected chi connectivity index (χ3v) is 4.62. The number of esters is 1. The van der Waals surface area contributed by atoms with E-state index in [0.717, 1.165) is 4.31 Å². The zero-order valence-corrected chi connectivity index (χ0v) is 12.7. The molecule has 6 nitrogen and oxygen atoms in total. The molecule has 0 aliphatic rings. The van der Waals surface area contributed by atoms with Crippen molar-refractivity contribution >= 4 is 16.0 Å². The van der Waals surface area contributed by atoms with Crippen LogP contribution in [0, 0.1) is 11.8 Å². The van der Waals surface area contributed by atoms with Crippen molar-refractivity contribution in [2.45, 2.75) is 11.8 Å². The van der Waals surface area contributed by atoms with Crippen molar-refractivity contribution in [1.82, 2.24) is 4.31 Å². The molecule has 0 fully saturated rings. The SMILES string of the molecule is CCN(CC(=O)OC)S(=O)(=O)c1ccc(C#CCO)cc1. The van der Waals surface area contributed by atoms with Gasteiger partial charge in [-0.3, -0.25) is 4.79 Å². The summed E-state index contributed by atoms with van der Waals surface area (Å²) < 4.78 is 30.3. The Bertz CT molecular complexity index is 640. The van der Waals surface area contributed by atoms with Gasteiger partial charge in [-0.15, -0.1) is 0 Å². The molecule has 1 N–H and O–H groups in total. The topological polar surface area (TPSA) is 83.9 Å². The van der Waals surface area contributed by atoms with Gasteiger partial charge in [0.15, 0.2) is 0 Å². The second kappa shape index (κ2) is 7.78. The van der Waals surface area contributed by atoms with E-state index in [9.17, 15) is 13.2 Å². The quantitative estimate of drug-likeness (QED) is 0.621. The molecule has 0 amide bonds. The molecule has 114 valence electrons. The van der Waals surface area contributed by atoms with E-state index in [-0.39, 0.29) is 24.6 Å². The van der Waals surface area contributed by atoms with Crippen LogP contribution in [0.2, 0.25) is 0 Å². The van der Waals surface area contributed by atoms with E-state index in [1.165, 1.54) is 19.2 Å². The fourth-order valence-corrected chi connectivity index (χ4v) is 2.97. The summed E-state index contributed by atoms with van der Waals surface area (Å²) in [6, 6.07) is 5.91. The number of sulfonamides is 1. The van der Waals surface area contributed by atoms with Crippen LogP contribution in [0.5, 0.6) is 0 Å². The van der Waals surface area contributed by atoms with Crippen LogP contribution < -0.4 is 0 Å². The van der Waals surface area contributed by atoms with Gasteiger partial charge in [0.05, 0.1) is 12.0 Å². The summed E-state index contributed by atoms with van der Waals surface area (Å²) in [5.41, 5.74) is 0.596. The number of hydrogen-bond donors (Lipinski definition) is 1. The standard InChI is InChI=1S/C14H17NO5S/c1-3-15(11-14(17)20-2)21(18,19)13-8-6-12(7-9-13)5-4-10-16/h6-9,16H,3,10-11H2,1-2H3. The summed E-state index contributed by atoms with van der Waals surface area (Å²) in [7, 11) is -2.55. The summed E-state index contributed by atoms with van der Waals surface area (Å²) in [6.07, 6.45) is 0. The number of aliphatic hydroxyl groups is 1. The molecule has 0 aliphatic heterocycles. The number of likely N-dealkylation sites (N-methyl/N-ethyl adjacent to an activating group) is 1. The molecule has 1 aromatic carbocycles. The van der Waals surface area contributed by atoms with Gasteiger partial charge >= 0.3 is 5.97 Å². The van der Waals surface area contributed by atoms with E-state index in [2.05, 4.69) is 16.6 Å². The van der Waals surface area contributed by atoms with E-state index >= 15 is 0 Å². The van der Waals surface area contributed by atoms with Gasteiger partial charge in [0.1, 0.15) is 13.2 Å². The number of hydrogen-bond acceptors (Lipinski definition) is 5. The lowest BCUT2D eigenvalue weighted by Crippen LogP contribution is -2.36. The summed E-state index contributed by atoms with van der Waals surface area (Å²) in [4.78, 5) is 11.3. The molecular formula is C14H17NO5S. The summed E-state index contributed by atoms with van der Waals surface area (Å²) in [5, 5.41) is 8.60. The number of ether oxygens (including phenoxy) is 1. The molecule has 0 aliphatic carbocycles. The summed E-state index contributed by atoms with van der Waals surface area (Å²) in [5.74, 6) is 4.53. The van der Waals surface area contributed by atoms with E-state index in [4.69, 9.17) is 5.11 Å². The Hall–Kier alpha value is -1.88. The van der Waals surface area contributed by atoms with Gasteiger partial charge in [0.2, 0.25) is 10.0 Å². The second-order valence-electron chi connectivity index (χ2n) is 3.99. The van der Waals surface area contributed by atoms with Crippen LogP contribution in [0.15, 0.2) is 29.2 Å². The molecule has 0 saturated heterocycles. The minimum absolute atomic E-state index is 0.0720. The fraction of sp³-hybridized carbons (Fsp3) is 0.357. The lowest BCUT2D eigenvalue weighted by Gasteiger charge is -2.19. The highest BCUT2D eigenvalue weighted by Gasteiger charge is 2.25. The molecule has 0 radical (unpaired) electrons. The molecule has 0 bridgehead atoms. The highest BCUT2D eigenvalue weighted by atomic mass is 32.2. The molecule has 0 atom stereocenters. The third-order valence-electron chi connectivity index (χ3n) is 2.69. The number of nitrogens with zero attached hydrogens (tertiary/aromatic N) is 1. The molecule has 0 aromatic heterocycles. The smallest absolute Gasteiger partial charge is 0.321 e. The third kappa shape index (κ3) is 4.56. The Labute approximate surface area is 124 Å².